The SMILES string of the molecule is C=CCNC(=O)c1cc2c(=O)c3ccccc3oc2nc1C(F)(F)F. The molecule has 0 bridgehead atoms. The predicted octanol–water partition coefficient (Wildman–Crippen LogP) is 3.28. The summed E-state index contributed by atoms with van der Waals surface area (Å²) in [4.78, 5) is 28.0. The first-order valence-electron chi connectivity index (χ1n) is 7.16. The van der Waals surface area contributed by atoms with Gasteiger partial charge in [-0.3, -0.25) is 9.59 Å². The average Bonchev–Trinajstić information content (AvgIpc) is 2.58. The molecule has 0 aliphatic heterocycles. The van der Waals surface area contributed by atoms with Crippen LogP contribution < -0.4 is 10.7 Å². The molecule has 0 saturated heterocycles. The van der Waals surface area contributed by atoms with Crippen molar-refractivity contribution in [1.29, 1.82) is 0 Å². The van der Waals surface area contributed by atoms with Crippen LogP contribution in [0.1, 0.15) is 16.1 Å². The van der Waals surface area contributed by atoms with Crippen LogP contribution in [0.4, 0.5) is 13.2 Å². The van der Waals surface area contributed by atoms with Crippen molar-refractivity contribution in [3.05, 3.63) is 64.5 Å². The van der Waals surface area contributed by atoms with Gasteiger partial charge >= 0.3 is 6.18 Å². The van der Waals surface area contributed by atoms with Crippen molar-refractivity contribution in [3.8, 4) is 0 Å². The summed E-state index contributed by atoms with van der Waals surface area (Å²) in [5.41, 5.74) is -3.08. The van der Waals surface area contributed by atoms with E-state index in [4.69, 9.17) is 4.42 Å². The second kappa shape index (κ2) is 6.04. The van der Waals surface area contributed by atoms with Crippen molar-refractivity contribution in [3.63, 3.8) is 0 Å². The van der Waals surface area contributed by atoms with E-state index in [0.717, 1.165) is 6.07 Å². The number of carbonyl (C=O) groups excluding carboxylic acids is 1. The highest BCUT2D eigenvalue weighted by Gasteiger charge is 2.38. The van der Waals surface area contributed by atoms with Gasteiger partial charge in [0.05, 0.1) is 16.3 Å². The van der Waals surface area contributed by atoms with Crippen molar-refractivity contribution in [2.45, 2.75) is 6.18 Å². The molecule has 0 unspecified atom stereocenters. The van der Waals surface area contributed by atoms with E-state index in [2.05, 4.69) is 16.9 Å². The molecule has 128 valence electrons. The van der Waals surface area contributed by atoms with Gasteiger partial charge in [0.1, 0.15) is 5.58 Å². The number of hydrogen-bond donors (Lipinski definition) is 1. The highest BCUT2D eigenvalue weighted by atomic mass is 19.4. The zero-order valence-corrected chi connectivity index (χ0v) is 12.7. The predicted molar refractivity (Wildman–Crippen MR) is 85.3 cm³/mol. The van der Waals surface area contributed by atoms with Crippen molar-refractivity contribution in [1.82, 2.24) is 10.3 Å². The molecule has 1 N–H and O–H groups in total. The number of amides is 1. The van der Waals surface area contributed by atoms with Crippen molar-refractivity contribution in [2.75, 3.05) is 6.54 Å². The minimum Gasteiger partial charge on any atom is -0.437 e. The Morgan fingerprint density at radius 2 is 2.00 bits per heavy atom. The maximum absolute atomic E-state index is 13.3. The third kappa shape index (κ3) is 2.98. The molecule has 3 rings (SSSR count). The van der Waals surface area contributed by atoms with E-state index >= 15 is 0 Å². The zero-order valence-electron chi connectivity index (χ0n) is 12.7. The van der Waals surface area contributed by atoms with Crippen LogP contribution in [0.2, 0.25) is 0 Å². The van der Waals surface area contributed by atoms with E-state index in [-0.39, 0.29) is 22.9 Å². The van der Waals surface area contributed by atoms with Crippen molar-refractivity contribution in [2.24, 2.45) is 0 Å². The maximum Gasteiger partial charge on any atom is 0.434 e. The molecule has 0 saturated carbocycles. The van der Waals surface area contributed by atoms with Gasteiger partial charge in [0.2, 0.25) is 11.1 Å². The molecule has 8 heteroatoms. The maximum atomic E-state index is 13.3. The van der Waals surface area contributed by atoms with Gasteiger partial charge in [-0.2, -0.15) is 13.2 Å². The van der Waals surface area contributed by atoms with Gasteiger partial charge < -0.3 is 9.73 Å². The lowest BCUT2D eigenvalue weighted by Gasteiger charge is -2.12. The molecule has 3 aromatic rings. The molecule has 2 aromatic heterocycles. The molecule has 0 spiro atoms. The average molecular weight is 348 g/mol. The summed E-state index contributed by atoms with van der Waals surface area (Å²) < 4.78 is 45.2. The van der Waals surface area contributed by atoms with E-state index in [1.54, 1.807) is 12.1 Å². The normalized spacial score (nSPS) is 11.6. The Hall–Kier alpha value is -3.16. The van der Waals surface area contributed by atoms with E-state index in [0.29, 0.717) is 0 Å². The molecular weight excluding hydrogens is 337 g/mol. The highest BCUT2D eigenvalue weighted by Crippen LogP contribution is 2.32. The highest BCUT2D eigenvalue weighted by molar-refractivity contribution is 5.99. The van der Waals surface area contributed by atoms with Gasteiger partial charge in [0, 0.05) is 6.54 Å². The number of benzene rings is 1. The molecule has 0 aliphatic rings. The molecule has 0 aliphatic carbocycles. The van der Waals surface area contributed by atoms with E-state index in [9.17, 15) is 22.8 Å². The Bertz CT molecular complexity index is 1050. The molecule has 1 amide bonds. The molecule has 2 heterocycles. The molecule has 1 aromatic carbocycles. The van der Waals surface area contributed by atoms with Crippen LogP contribution in [-0.2, 0) is 6.18 Å². The third-order valence-electron chi connectivity index (χ3n) is 3.49. The van der Waals surface area contributed by atoms with Crippen LogP contribution >= 0.6 is 0 Å². The number of halogens is 3. The van der Waals surface area contributed by atoms with E-state index < -0.39 is 34.5 Å². The fourth-order valence-electron chi connectivity index (χ4n) is 2.38. The number of pyridine rings is 1. The second-order valence-corrected chi connectivity index (χ2v) is 5.16. The summed E-state index contributed by atoms with van der Waals surface area (Å²) in [5, 5.41) is 2.24. The largest absolute Gasteiger partial charge is 0.437 e. The number of carbonyl (C=O) groups is 1. The van der Waals surface area contributed by atoms with Gasteiger partial charge in [-0.15, -0.1) is 6.58 Å². The molecule has 0 atom stereocenters. The van der Waals surface area contributed by atoms with Gasteiger partial charge in [-0.25, -0.2) is 4.98 Å². The van der Waals surface area contributed by atoms with Gasteiger partial charge in [0.25, 0.3) is 5.91 Å². The lowest BCUT2D eigenvalue weighted by Crippen LogP contribution is -2.27. The number of hydrogen-bond acceptors (Lipinski definition) is 4. The minimum atomic E-state index is -4.89. The number of fused-ring (bicyclic) bond motifs is 2. The van der Waals surface area contributed by atoms with Crippen LogP contribution in [0.5, 0.6) is 0 Å². The summed E-state index contributed by atoms with van der Waals surface area (Å²) in [7, 11) is 0. The lowest BCUT2D eigenvalue weighted by atomic mass is 10.1. The molecule has 0 fully saturated rings. The Labute approximate surface area is 138 Å². The smallest absolute Gasteiger partial charge is 0.434 e. The lowest BCUT2D eigenvalue weighted by molar-refractivity contribution is -0.141. The van der Waals surface area contributed by atoms with Crippen LogP contribution in [0.15, 0.2) is 52.2 Å². The number of para-hydroxylation sites is 1. The van der Waals surface area contributed by atoms with Crippen LogP contribution in [0.25, 0.3) is 22.1 Å². The summed E-state index contributed by atoms with van der Waals surface area (Å²) >= 11 is 0. The Kier molecular flexibility index (Phi) is 4.03. The number of alkyl halides is 3. The topological polar surface area (TPSA) is 72.2 Å². The number of nitrogens with one attached hydrogen (secondary N) is 1. The van der Waals surface area contributed by atoms with E-state index in [1.165, 1.54) is 18.2 Å². The third-order valence-corrected chi connectivity index (χ3v) is 3.49. The number of rotatable bonds is 3. The molecule has 25 heavy (non-hydrogen) atoms. The van der Waals surface area contributed by atoms with Gasteiger partial charge in [-0.05, 0) is 18.2 Å². The quantitative estimate of drug-likeness (QED) is 0.582. The zero-order chi connectivity index (χ0) is 18.2. The standard InChI is InChI=1S/C17H11F3N2O3/c1-2-7-21-15(24)11-8-10-13(23)9-5-3-4-6-12(9)25-16(10)22-14(11)17(18,19)20/h2-6,8H,1,7H2,(H,21,24). The summed E-state index contributed by atoms with van der Waals surface area (Å²) in [6.07, 6.45) is -3.57. The minimum absolute atomic E-state index is 0.0273. The molecule has 0 radical (unpaired) electrons. The Morgan fingerprint density at radius 1 is 1.28 bits per heavy atom. The fraction of sp³-hybridized carbons (Fsp3) is 0.118. The summed E-state index contributed by atoms with van der Waals surface area (Å²) in [5.74, 6) is -1.01. The fourth-order valence-corrected chi connectivity index (χ4v) is 2.38. The van der Waals surface area contributed by atoms with Crippen molar-refractivity contribution < 1.29 is 22.4 Å². The first-order valence-corrected chi connectivity index (χ1v) is 7.16. The van der Waals surface area contributed by atoms with E-state index in [1.807, 2.05) is 0 Å². The number of aromatic nitrogens is 1. The van der Waals surface area contributed by atoms with Gasteiger partial charge in [-0.1, -0.05) is 18.2 Å². The molecular formula is C17H11F3N2O3. The summed E-state index contributed by atoms with van der Waals surface area (Å²) in [6, 6.07) is 6.98. The van der Waals surface area contributed by atoms with Crippen molar-refractivity contribution >= 4 is 28.0 Å². The Morgan fingerprint density at radius 3 is 2.68 bits per heavy atom. The Balaban J connectivity index is 2.35. The van der Waals surface area contributed by atoms with Crippen LogP contribution in [-0.4, -0.2) is 17.4 Å². The van der Waals surface area contributed by atoms with Gasteiger partial charge in [0.15, 0.2) is 5.69 Å². The number of nitrogens with zero attached hydrogens (tertiary/aromatic N) is 1. The summed E-state index contributed by atoms with van der Waals surface area (Å²) in [6.45, 7) is 3.35. The first kappa shape index (κ1) is 16.7. The monoisotopic (exact) mass is 348 g/mol. The van der Waals surface area contributed by atoms with Crippen LogP contribution in [0.3, 0.4) is 0 Å². The molecule has 5 nitrogen and oxygen atoms in total. The van der Waals surface area contributed by atoms with Crippen LogP contribution in [0, 0.1) is 0 Å². The second-order valence-electron chi connectivity index (χ2n) is 5.16. The first-order chi connectivity index (χ1) is 11.8.